The van der Waals surface area contributed by atoms with Crippen molar-refractivity contribution in [1.29, 1.82) is 0 Å². The molecule has 1 aromatic heterocycles. The summed E-state index contributed by atoms with van der Waals surface area (Å²) in [5.41, 5.74) is 7.34. The summed E-state index contributed by atoms with van der Waals surface area (Å²) in [6.45, 7) is 0.447. The molecule has 3 rings (SSSR count). The standard InChI is InChI=1S/C18H22N2O/c19-13-18(10-3-1-2-4-11-18)17(21)15-7-5-9-16-14(15)8-6-12-20-16/h5-9,12H,1-4,10-11,13,19H2. The zero-order chi connectivity index (χ0) is 14.7. The summed E-state index contributed by atoms with van der Waals surface area (Å²) in [4.78, 5) is 17.6. The molecule has 0 unspecified atom stereocenters. The maximum Gasteiger partial charge on any atom is 0.170 e. The molecular formula is C18H22N2O. The topological polar surface area (TPSA) is 56.0 Å². The van der Waals surface area contributed by atoms with Crippen LogP contribution in [0.25, 0.3) is 10.9 Å². The van der Waals surface area contributed by atoms with Gasteiger partial charge in [0.1, 0.15) is 0 Å². The first-order valence-corrected chi connectivity index (χ1v) is 7.85. The molecule has 0 atom stereocenters. The van der Waals surface area contributed by atoms with Crippen LogP contribution in [-0.4, -0.2) is 17.3 Å². The zero-order valence-corrected chi connectivity index (χ0v) is 12.3. The van der Waals surface area contributed by atoms with Crippen LogP contribution in [0.2, 0.25) is 0 Å². The van der Waals surface area contributed by atoms with Crippen LogP contribution in [0.4, 0.5) is 0 Å². The highest BCUT2D eigenvalue weighted by molar-refractivity contribution is 6.10. The number of fused-ring (bicyclic) bond motifs is 1. The maximum absolute atomic E-state index is 13.2. The minimum absolute atomic E-state index is 0.213. The van der Waals surface area contributed by atoms with Crippen LogP contribution in [0, 0.1) is 5.41 Å². The van der Waals surface area contributed by atoms with Crippen molar-refractivity contribution in [3.8, 4) is 0 Å². The first kappa shape index (κ1) is 14.2. The Kier molecular flexibility index (Phi) is 4.02. The van der Waals surface area contributed by atoms with Crippen molar-refractivity contribution >= 4 is 16.7 Å². The SMILES string of the molecule is NCC1(C(=O)c2cccc3ncccc23)CCCCCC1. The Balaban J connectivity index is 2.06. The molecule has 0 bridgehead atoms. The van der Waals surface area contributed by atoms with Gasteiger partial charge in [0, 0.05) is 29.1 Å². The minimum atomic E-state index is -0.374. The molecule has 21 heavy (non-hydrogen) atoms. The highest BCUT2D eigenvalue weighted by Crippen LogP contribution is 2.38. The van der Waals surface area contributed by atoms with Crippen molar-refractivity contribution in [3.63, 3.8) is 0 Å². The molecule has 1 heterocycles. The summed E-state index contributed by atoms with van der Waals surface area (Å²) in [5, 5.41) is 0.946. The second kappa shape index (κ2) is 5.94. The Labute approximate surface area is 125 Å². The average molecular weight is 282 g/mol. The molecule has 0 aliphatic heterocycles. The third-order valence-electron chi connectivity index (χ3n) is 4.82. The van der Waals surface area contributed by atoms with Crippen LogP contribution in [0.15, 0.2) is 36.5 Å². The molecule has 0 spiro atoms. The van der Waals surface area contributed by atoms with E-state index in [1.165, 1.54) is 12.8 Å². The summed E-state index contributed by atoms with van der Waals surface area (Å²) in [6.07, 6.45) is 8.23. The number of aromatic nitrogens is 1. The highest BCUT2D eigenvalue weighted by atomic mass is 16.1. The fourth-order valence-electron chi connectivity index (χ4n) is 3.52. The van der Waals surface area contributed by atoms with Gasteiger partial charge < -0.3 is 5.73 Å². The number of hydrogen-bond acceptors (Lipinski definition) is 3. The number of carbonyl (C=O) groups excluding carboxylic acids is 1. The number of nitrogens with zero attached hydrogens (tertiary/aromatic N) is 1. The van der Waals surface area contributed by atoms with Crippen LogP contribution in [0.5, 0.6) is 0 Å². The third kappa shape index (κ3) is 2.58. The average Bonchev–Trinajstić information content (AvgIpc) is 2.80. The molecular weight excluding hydrogens is 260 g/mol. The van der Waals surface area contributed by atoms with Gasteiger partial charge in [-0.15, -0.1) is 0 Å². The fourth-order valence-corrected chi connectivity index (χ4v) is 3.52. The summed E-state index contributed by atoms with van der Waals surface area (Å²) in [6, 6.07) is 9.67. The van der Waals surface area contributed by atoms with Crippen LogP contribution in [0.1, 0.15) is 48.9 Å². The van der Waals surface area contributed by atoms with Crippen molar-refractivity contribution in [3.05, 3.63) is 42.1 Å². The zero-order valence-electron chi connectivity index (χ0n) is 12.3. The van der Waals surface area contributed by atoms with Crippen molar-refractivity contribution in [2.75, 3.05) is 6.54 Å². The normalized spacial score (nSPS) is 18.3. The second-order valence-electron chi connectivity index (χ2n) is 6.10. The Morgan fingerprint density at radius 1 is 1.10 bits per heavy atom. The molecule has 0 radical (unpaired) electrons. The summed E-state index contributed by atoms with van der Waals surface area (Å²) in [7, 11) is 0. The lowest BCUT2D eigenvalue weighted by Crippen LogP contribution is -2.38. The van der Waals surface area contributed by atoms with Crippen molar-refractivity contribution in [2.45, 2.75) is 38.5 Å². The van der Waals surface area contributed by atoms with Crippen molar-refractivity contribution in [2.24, 2.45) is 11.1 Å². The van der Waals surface area contributed by atoms with E-state index in [1.807, 2.05) is 30.3 Å². The molecule has 0 saturated heterocycles. The van der Waals surface area contributed by atoms with Gasteiger partial charge in [-0.25, -0.2) is 0 Å². The molecule has 1 saturated carbocycles. The first-order valence-electron chi connectivity index (χ1n) is 7.85. The molecule has 1 fully saturated rings. The van der Waals surface area contributed by atoms with Crippen LogP contribution in [0.3, 0.4) is 0 Å². The number of benzene rings is 1. The number of Topliss-reactive ketones (excluding diaryl/α,β-unsaturated/α-hetero) is 1. The predicted molar refractivity (Wildman–Crippen MR) is 85.3 cm³/mol. The molecule has 1 aliphatic carbocycles. The van der Waals surface area contributed by atoms with Gasteiger partial charge in [-0.3, -0.25) is 9.78 Å². The van der Waals surface area contributed by atoms with Crippen LogP contribution in [-0.2, 0) is 0 Å². The summed E-state index contributed by atoms with van der Waals surface area (Å²) < 4.78 is 0. The molecule has 3 heteroatoms. The minimum Gasteiger partial charge on any atom is -0.329 e. The Hall–Kier alpha value is -1.74. The smallest absolute Gasteiger partial charge is 0.170 e. The predicted octanol–water partition coefficient (Wildman–Crippen LogP) is 3.72. The van der Waals surface area contributed by atoms with E-state index in [0.29, 0.717) is 6.54 Å². The van der Waals surface area contributed by atoms with E-state index in [4.69, 9.17) is 5.73 Å². The summed E-state index contributed by atoms with van der Waals surface area (Å²) >= 11 is 0. The number of nitrogens with two attached hydrogens (primary N) is 1. The first-order chi connectivity index (χ1) is 10.3. The van der Waals surface area contributed by atoms with E-state index in [2.05, 4.69) is 4.98 Å². The van der Waals surface area contributed by atoms with Gasteiger partial charge in [-0.2, -0.15) is 0 Å². The number of rotatable bonds is 3. The molecule has 0 amide bonds. The van der Waals surface area contributed by atoms with E-state index in [-0.39, 0.29) is 11.2 Å². The van der Waals surface area contributed by atoms with Crippen LogP contribution >= 0.6 is 0 Å². The van der Waals surface area contributed by atoms with Gasteiger partial charge in [0.2, 0.25) is 0 Å². The molecule has 2 aromatic rings. The largest absolute Gasteiger partial charge is 0.329 e. The third-order valence-corrected chi connectivity index (χ3v) is 4.82. The number of carbonyl (C=O) groups is 1. The van der Waals surface area contributed by atoms with E-state index in [9.17, 15) is 4.79 Å². The molecule has 110 valence electrons. The Bertz CT molecular complexity index is 637. The van der Waals surface area contributed by atoms with Gasteiger partial charge >= 0.3 is 0 Å². The van der Waals surface area contributed by atoms with Crippen LogP contribution < -0.4 is 5.73 Å². The van der Waals surface area contributed by atoms with E-state index in [0.717, 1.165) is 42.1 Å². The monoisotopic (exact) mass is 282 g/mol. The second-order valence-corrected chi connectivity index (χ2v) is 6.10. The van der Waals surface area contributed by atoms with Crippen molar-refractivity contribution < 1.29 is 4.79 Å². The van der Waals surface area contributed by atoms with Crippen molar-refractivity contribution in [1.82, 2.24) is 4.98 Å². The summed E-state index contributed by atoms with van der Waals surface area (Å²) in [5.74, 6) is 0.213. The fraction of sp³-hybridized carbons (Fsp3) is 0.444. The quantitative estimate of drug-likeness (QED) is 0.689. The lowest BCUT2D eigenvalue weighted by molar-refractivity contribution is 0.0776. The highest BCUT2D eigenvalue weighted by Gasteiger charge is 2.38. The van der Waals surface area contributed by atoms with Gasteiger partial charge in [0.25, 0.3) is 0 Å². The maximum atomic E-state index is 13.2. The molecule has 2 N–H and O–H groups in total. The van der Waals surface area contributed by atoms with E-state index < -0.39 is 0 Å². The van der Waals surface area contributed by atoms with E-state index in [1.54, 1.807) is 6.20 Å². The van der Waals surface area contributed by atoms with E-state index >= 15 is 0 Å². The number of ketones is 1. The molecule has 1 aromatic carbocycles. The van der Waals surface area contributed by atoms with Gasteiger partial charge in [-0.1, -0.05) is 43.9 Å². The Morgan fingerprint density at radius 2 is 1.86 bits per heavy atom. The lowest BCUT2D eigenvalue weighted by atomic mass is 9.74. The number of pyridine rings is 1. The number of hydrogen-bond donors (Lipinski definition) is 1. The van der Waals surface area contributed by atoms with Gasteiger partial charge in [0.15, 0.2) is 5.78 Å². The lowest BCUT2D eigenvalue weighted by Gasteiger charge is -2.30. The molecule has 1 aliphatic rings. The Morgan fingerprint density at radius 3 is 2.57 bits per heavy atom. The molecule has 3 nitrogen and oxygen atoms in total. The van der Waals surface area contributed by atoms with Gasteiger partial charge in [-0.05, 0) is 25.0 Å². The van der Waals surface area contributed by atoms with Gasteiger partial charge in [0.05, 0.1) is 5.52 Å².